The van der Waals surface area contributed by atoms with Crippen molar-refractivity contribution in [2.45, 2.75) is 75.7 Å². The van der Waals surface area contributed by atoms with Gasteiger partial charge in [-0.2, -0.15) is 5.10 Å². The van der Waals surface area contributed by atoms with Crippen molar-refractivity contribution in [2.75, 3.05) is 0 Å². The second-order valence-corrected chi connectivity index (χ2v) is 8.64. The third-order valence-corrected chi connectivity index (χ3v) is 6.33. The first-order valence-electron chi connectivity index (χ1n) is 10.9. The van der Waals surface area contributed by atoms with Crippen LogP contribution in [0.1, 0.15) is 63.1 Å². The van der Waals surface area contributed by atoms with Gasteiger partial charge in [-0.25, -0.2) is 4.68 Å². The quantitative estimate of drug-likeness (QED) is 0.840. The van der Waals surface area contributed by atoms with E-state index in [1.807, 2.05) is 37.3 Å². The number of nitrogens with zero attached hydrogens (tertiary/aromatic N) is 2. The summed E-state index contributed by atoms with van der Waals surface area (Å²) in [5, 5.41) is 7.75. The number of amides is 1. The molecule has 1 aromatic heterocycles. The SMILES string of the molecule is CC1Oc2ccccc2OC1C(=O)NC1CCC(n2nc(C3CC3)ccc2=O)CC1. The van der Waals surface area contributed by atoms with Gasteiger partial charge in [-0.05, 0) is 63.6 Å². The minimum Gasteiger partial charge on any atom is -0.482 e. The van der Waals surface area contributed by atoms with Gasteiger partial charge in [0.15, 0.2) is 11.5 Å². The highest BCUT2D eigenvalue weighted by molar-refractivity contribution is 5.82. The molecule has 2 unspecified atom stereocenters. The minimum atomic E-state index is -0.669. The fourth-order valence-electron chi connectivity index (χ4n) is 4.45. The van der Waals surface area contributed by atoms with Crippen LogP contribution in [0.25, 0.3) is 0 Å². The first kappa shape index (κ1) is 19.2. The highest BCUT2D eigenvalue weighted by Crippen LogP contribution is 2.39. The van der Waals surface area contributed by atoms with Crippen LogP contribution in [-0.2, 0) is 4.79 Å². The van der Waals surface area contributed by atoms with Crippen molar-refractivity contribution in [3.05, 3.63) is 52.4 Å². The number of rotatable bonds is 4. The minimum absolute atomic E-state index is 0.0351. The van der Waals surface area contributed by atoms with Crippen LogP contribution in [0.2, 0.25) is 0 Å². The zero-order valence-corrected chi connectivity index (χ0v) is 17.1. The van der Waals surface area contributed by atoms with Crippen molar-refractivity contribution in [2.24, 2.45) is 0 Å². The van der Waals surface area contributed by atoms with Crippen molar-refractivity contribution in [3.63, 3.8) is 0 Å². The molecule has 5 rings (SSSR count). The number of benzene rings is 1. The van der Waals surface area contributed by atoms with Gasteiger partial charge >= 0.3 is 0 Å². The standard InChI is InChI=1S/C23H27N3O4/c1-14-22(30-20-5-3-2-4-19(20)29-14)23(28)24-16-8-10-17(11-9-16)26-21(27)13-12-18(25-26)15-6-7-15/h2-5,12-17,22H,6-11H2,1H3,(H,24,28). The van der Waals surface area contributed by atoms with E-state index >= 15 is 0 Å². The number of para-hydroxylation sites is 2. The third-order valence-electron chi connectivity index (χ3n) is 6.33. The van der Waals surface area contributed by atoms with Gasteiger partial charge in [-0.15, -0.1) is 0 Å². The molecule has 2 fully saturated rings. The Morgan fingerprint density at radius 3 is 2.40 bits per heavy atom. The van der Waals surface area contributed by atoms with Gasteiger partial charge in [0, 0.05) is 18.0 Å². The zero-order valence-electron chi connectivity index (χ0n) is 17.1. The number of hydrogen-bond donors (Lipinski definition) is 1. The number of carbonyl (C=O) groups is 1. The lowest BCUT2D eigenvalue weighted by Gasteiger charge is -2.34. The molecule has 158 valence electrons. The lowest BCUT2D eigenvalue weighted by Crippen LogP contribution is -2.52. The fourth-order valence-corrected chi connectivity index (χ4v) is 4.45. The van der Waals surface area contributed by atoms with Gasteiger partial charge in [0.1, 0.15) is 6.10 Å². The van der Waals surface area contributed by atoms with Crippen LogP contribution < -0.4 is 20.3 Å². The maximum atomic E-state index is 12.8. The summed E-state index contributed by atoms with van der Waals surface area (Å²) in [6.45, 7) is 1.85. The van der Waals surface area contributed by atoms with Crippen LogP contribution in [0.3, 0.4) is 0 Å². The normalized spacial score (nSPS) is 28.0. The molecule has 1 aliphatic heterocycles. The number of fused-ring (bicyclic) bond motifs is 1. The fraction of sp³-hybridized carbons (Fsp3) is 0.522. The number of aromatic nitrogens is 2. The molecule has 7 heteroatoms. The third kappa shape index (κ3) is 3.80. The monoisotopic (exact) mass is 409 g/mol. The van der Waals surface area contributed by atoms with Crippen LogP contribution in [0.4, 0.5) is 0 Å². The molecule has 0 spiro atoms. The van der Waals surface area contributed by atoms with E-state index in [1.165, 1.54) is 12.8 Å². The Labute approximate surface area is 175 Å². The molecular weight excluding hydrogens is 382 g/mol. The van der Waals surface area contributed by atoms with Gasteiger partial charge in [0.05, 0.1) is 11.7 Å². The van der Waals surface area contributed by atoms with Crippen molar-refractivity contribution < 1.29 is 14.3 Å². The average Bonchev–Trinajstić information content (AvgIpc) is 3.60. The first-order chi connectivity index (χ1) is 14.6. The summed E-state index contributed by atoms with van der Waals surface area (Å²) < 4.78 is 13.4. The smallest absolute Gasteiger partial charge is 0.267 e. The zero-order chi connectivity index (χ0) is 20.7. The molecule has 0 radical (unpaired) electrons. The predicted molar refractivity (Wildman–Crippen MR) is 111 cm³/mol. The molecule has 2 aliphatic carbocycles. The van der Waals surface area contributed by atoms with Gasteiger partial charge in [-0.3, -0.25) is 9.59 Å². The van der Waals surface area contributed by atoms with Crippen LogP contribution in [0, 0.1) is 0 Å². The molecule has 1 N–H and O–H groups in total. The Hall–Kier alpha value is -2.83. The highest BCUT2D eigenvalue weighted by Gasteiger charge is 2.36. The lowest BCUT2D eigenvalue weighted by molar-refractivity contribution is -0.134. The van der Waals surface area contributed by atoms with Crippen LogP contribution in [0.15, 0.2) is 41.2 Å². The van der Waals surface area contributed by atoms with E-state index in [2.05, 4.69) is 10.4 Å². The van der Waals surface area contributed by atoms with Crippen LogP contribution in [0.5, 0.6) is 11.5 Å². The van der Waals surface area contributed by atoms with E-state index < -0.39 is 6.10 Å². The van der Waals surface area contributed by atoms with Gasteiger partial charge in [0.25, 0.3) is 11.5 Å². The maximum Gasteiger partial charge on any atom is 0.267 e. The van der Waals surface area contributed by atoms with Crippen LogP contribution in [-0.4, -0.2) is 33.9 Å². The van der Waals surface area contributed by atoms with E-state index in [1.54, 1.807) is 10.7 Å². The summed E-state index contributed by atoms with van der Waals surface area (Å²) in [4.78, 5) is 25.2. The number of ether oxygens (including phenoxy) is 2. The Kier molecular flexibility index (Phi) is 4.97. The molecule has 0 saturated heterocycles. The molecule has 3 aliphatic rings. The van der Waals surface area contributed by atoms with Crippen molar-refractivity contribution in [1.82, 2.24) is 15.1 Å². The van der Waals surface area contributed by atoms with E-state index in [-0.39, 0.29) is 29.7 Å². The second kappa shape index (κ2) is 7.78. The van der Waals surface area contributed by atoms with Crippen LogP contribution >= 0.6 is 0 Å². The molecule has 2 saturated carbocycles. The van der Waals surface area contributed by atoms with Gasteiger partial charge in [0.2, 0.25) is 6.10 Å². The second-order valence-electron chi connectivity index (χ2n) is 8.64. The molecule has 2 heterocycles. The summed E-state index contributed by atoms with van der Waals surface area (Å²) in [5.41, 5.74) is 1.00. The summed E-state index contributed by atoms with van der Waals surface area (Å²) in [7, 11) is 0. The molecule has 1 amide bonds. The lowest BCUT2D eigenvalue weighted by atomic mass is 9.91. The molecular formula is C23H27N3O4. The first-order valence-corrected chi connectivity index (χ1v) is 10.9. The average molecular weight is 409 g/mol. The van der Waals surface area contributed by atoms with Gasteiger partial charge < -0.3 is 14.8 Å². The maximum absolute atomic E-state index is 12.8. The summed E-state index contributed by atoms with van der Waals surface area (Å²) in [6, 6.07) is 11.1. The molecule has 30 heavy (non-hydrogen) atoms. The molecule has 1 aromatic carbocycles. The van der Waals surface area contributed by atoms with Crippen molar-refractivity contribution in [3.8, 4) is 11.5 Å². The Balaban J connectivity index is 1.19. The molecule has 7 nitrogen and oxygen atoms in total. The van der Waals surface area contributed by atoms with Crippen molar-refractivity contribution >= 4 is 5.91 Å². The summed E-state index contributed by atoms with van der Waals surface area (Å²) >= 11 is 0. The highest BCUT2D eigenvalue weighted by atomic mass is 16.6. The Morgan fingerprint density at radius 1 is 1.00 bits per heavy atom. The Bertz CT molecular complexity index is 992. The van der Waals surface area contributed by atoms with Gasteiger partial charge in [-0.1, -0.05) is 12.1 Å². The van der Waals surface area contributed by atoms with E-state index in [4.69, 9.17) is 9.47 Å². The van der Waals surface area contributed by atoms with E-state index in [9.17, 15) is 9.59 Å². The topological polar surface area (TPSA) is 82.4 Å². The van der Waals surface area contributed by atoms with E-state index in [0.29, 0.717) is 17.4 Å². The summed E-state index contributed by atoms with van der Waals surface area (Å²) in [6.07, 6.45) is 4.59. The number of carbonyl (C=O) groups excluding carboxylic acids is 1. The molecule has 2 atom stereocenters. The molecule has 2 aromatic rings. The number of hydrogen-bond acceptors (Lipinski definition) is 5. The summed E-state index contributed by atoms with van der Waals surface area (Å²) in [5.74, 6) is 1.64. The number of nitrogens with one attached hydrogen (secondary N) is 1. The largest absolute Gasteiger partial charge is 0.482 e. The molecule has 0 bridgehead atoms. The van der Waals surface area contributed by atoms with Crippen molar-refractivity contribution in [1.29, 1.82) is 0 Å². The van der Waals surface area contributed by atoms with E-state index in [0.717, 1.165) is 31.4 Å². The predicted octanol–water partition coefficient (Wildman–Crippen LogP) is 2.95. The Morgan fingerprint density at radius 2 is 1.70 bits per heavy atom.